The Morgan fingerprint density at radius 3 is 2.55 bits per heavy atom. The number of benzene rings is 1. The van der Waals surface area contributed by atoms with Crippen LogP contribution < -0.4 is 20.7 Å². The summed E-state index contributed by atoms with van der Waals surface area (Å²) in [5.74, 6) is -0.605. The number of nitrogens with one attached hydrogen (secondary N) is 3. The molecule has 1 fully saturated rings. The highest BCUT2D eigenvalue weighted by molar-refractivity contribution is 7.88. The van der Waals surface area contributed by atoms with Gasteiger partial charge >= 0.3 is 0 Å². The van der Waals surface area contributed by atoms with Crippen LogP contribution in [-0.4, -0.2) is 94.1 Å². The molecule has 0 aliphatic heterocycles. The lowest BCUT2D eigenvalue weighted by atomic mass is 9.49. The third-order valence-corrected chi connectivity index (χ3v) is 6.92. The zero-order chi connectivity index (χ0) is 29.2. The fourth-order valence-electron chi connectivity index (χ4n) is 3.46. The lowest BCUT2D eigenvalue weighted by Gasteiger charge is -2.23. The molecule has 3 N–H and O–H groups in total. The van der Waals surface area contributed by atoms with E-state index in [9.17, 15) is 18.0 Å². The predicted molar refractivity (Wildman–Crippen MR) is 147 cm³/mol. The van der Waals surface area contributed by atoms with Crippen LogP contribution in [0.2, 0.25) is 0 Å². The Hall–Kier alpha value is -3.92. The third-order valence-electron chi connectivity index (χ3n) is 5.66. The molecule has 1 aliphatic rings. The topological polar surface area (TPSA) is 182 Å². The van der Waals surface area contributed by atoms with Crippen molar-refractivity contribution < 1.29 is 27.3 Å². The van der Waals surface area contributed by atoms with Crippen molar-refractivity contribution in [2.24, 2.45) is 5.92 Å². The van der Waals surface area contributed by atoms with E-state index in [-0.39, 0.29) is 53.0 Å². The summed E-state index contributed by atoms with van der Waals surface area (Å²) in [6, 6.07) is 6.37. The lowest BCUT2D eigenvalue weighted by Crippen LogP contribution is -2.50. The number of hydrogen-bond donors (Lipinski definition) is 3. The van der Waals surface area contributed by atoms with Crippen molar-refractivity contribution >= 4 is 62.6 Å². The summed E-state index contributed by atoms with van der Waals surface area (Å²) >= 11 is 0. The first-order valence-electron chi connectivity index (χ1n) is 11.8. The largest absolute Gasteiger partial charge is 0.494 e. The minimum absolute atomic E-state index is 0.0607. The van der Waals surface area contributed by atoms with Gasteiger partial charge < -0.3 is 25.2 Å². The molecule has 0 saturated heterocycles. The van der Waals surface area contributed by atoms with E-state index in [2.05, 4.69) is 36.3 Å². The molecule has 0 unspecified atom stereocenters. The van der Waals surface area contributed by atoms with E-state index in [1.54, 1.807) is 18.2 Å². The molecule has 3 aromatic rings. The van der Waals surface area contributed by atoms with Crippen LogP contribution in [0.5, 0.6) is 5.75 Å². The average molecular weight is 560 g/mol. The monoisotopic (exact) mass is 560 g/mol. The molecule has 202 valence electrons. The Morgan fingerprint density at radius 2 is 1.93 bits per heavy atom. The van der Waals surface area contributed by atoms with Crippen molar-refractivity contribution in [3.63, 3.8) is 0 Å². The molecule has 0 spiro atoms. The van der Waals surface area contributed by atoms with Gasteiger partial charge in [-0.25, -0.2) is 8.42 Å². The summed E-state index contributed by atoms with van der Waals surface area (Å²) in [4.78, 5) is 29.4. The average Bonchev–Trinajstić information content (AvgIpc) is 3.61. The van der Waals surface area contributed by atoms with E-state index in [1.165, 1.54) is 20.2 Å². The predicted octanol–water partition coefficient (Wildman–Crippen LogP) is -0.135. The van der Waals surface area contributed by atoms with Gasteiger partial charge in [-0.05, 0) is 25.0 Å². The van der Waals surface area contributed by atoms with Crippen LogP contribution in [0.25, 0.3) is 11.4 Å². The Kier molecular flexibility index (Phi) is 8.21. The number of aromatic nitrogens is 4. The summed E-state index contributed by atoms with van der Waals surface area (Å²) in [7, 11) is 15.9. The standard InChI is InChI=1S/C22H23B3N8O6S/c1-33(40(3,36)37)10-16-28-19(32-39-16)12-5-4-6-13(18(12)38-2)26-14-9-15(27-20(34)11-7-8-11)30-31-17(14)21(35)29-22(23,24)25/h4-6,9,11H,7-8,10H2,1-3H3,(H,29,35)(H2,26,27,30,34). The van der Waals surface area contributed by atoms with Gasteiger partial charge in [0, 0.05) is 19.0 Å². The maximum Gasteiger partial charge on any atom is 0.272 e. The maximum absolute atomic E-state index is 12.8. The Bertz CT molecular complexity index is 1540. The van der Waals surface area contributed by atoms with E-state index < -0.39 is 21.2 Å². The molecule has 1 aliphatic carbocycles. The van der Waals surface area contributed by atoms with Gasteiger partial charge in [-0.1, -0.05) is 16.5 Å². The van der Waals surface area contributed by atoms with Gasteiger partial charge in [-0.3, -0.25) is 9.59 Å². The van der Waals surface area contributed by atoms with Crippen molar-refractivity contribution in [1.82, 2.24) is 30.0 Å². The number of methoxy groups -OCH3 is 1. The van der Waals surface area contributed by atoms with Gasteiger partial charge in [0.05, 0.1) is 60.4 Å². The molecular weight excluding hydrogens is 537 g/mol. The van der Waals surface area contributed by atoms with Gasteiger partial charge in [-0.2, -0.15) is 9.29 Å². The van der Waals surface area contributed by atoms with Gasteiger partial charge in [0.25, 0.3) is 5.91 Å². The fourth-order valence-corrected chi connectivity index (χ4v) is 3.80. The summed E-state index contributed by atoms with van der Waals surface area (Å²) in [5, 5.41) is 17.7. The van der Waals surface area contributed by atoms with Crippen LogP contribution in [0, 0.1) is 5.92 Å². The number of carbonyl (C=O) groups is 2. The number of amides is 2. The minimum Gasteiger partial charge on any atom is -0.494 e. The quantitative estimate of drug-likeness (QED) is 0.266. The van der Waals surface area contributed by atoms with E-state index in [4.69, 9.17) is 32.8 Å². The van der Waals surface area contributed by atoms with Gasteiger partial charge in [0.15, 0.2) is 17.3 Å². The Balaban J connectivity index is 1.68. The normalized spacial score (nSPS) is 13.6. The molecule has 2 heterocycles. The zero-order valence-corrected chi connectivity index (χ0v) is 22.7. The van der Waals surface area contributed by atoms with Crippen molar-refractivity contribution in [3.8, 4) is 17.1 Å². The first-order chi connectivity index (χ1) is 18.7. The van der Waals surface area contributed by atoms with Crippen molar-refractivity contribution in [2.75, 3.05) is 31.0 Å². The molecule has 2 aromatic heterocycles. The Morgan fingerprint density at radius 1 is 1.20 bits per heavy atom. The molecule has 0 bridgehead atoms. The molecule has 4 rings (SSSR count). The molecule has 14 nitrogen and oxygen atoms in total. The van der Waals surface area contributed by atoms with Crippen LogP contribution >= 0.6 is 0 Å². The van der Waals surface area contributed by atoms with Crippen LogP contribution in [0.1, 0.15) is 29.2 Å². The number of sulfonamides is 1. The number of para-hydroxylation sites is 1. The van der Waals surface area contributed by atoms with E-state index >= 15 is 0 Å². The highest BCUT2D eigenvalue weighted by Crippen LogP contribution is 2.37. The maximum atomic E-state index is 12.8. The lowest BCUT2D eigenvalue weighted by molar-refractivity contribution is -0.117. The van der Waals surface area contributed by atoms with E-state index in [0.717, 1.165) is 23.4 Å². The molecule has 6 radical (unpaired) electrons. The first kappa shape index (κ1) is 29.1. The minimum atomic E-state index is -3.47. The molecule has 18 heteroatoms. The van der Waals surface area contributed by atoms with Gasteiger partial charge in [0.1, 0.15) is 0 Å². The highest BCUT2D eigenvalue weighted by Gasteiger charge is 2.30. The van der Waals surface area contributed by atoms with Crippen molar-refractivity contribution in [3.05, 3.63) is 35.9 Å². The second-order valence-corrected chi connectivity index (χ2v) is 11.3. The smallest absolute Gasteiger partial charge is 0.272 e. The molecule has 1 saturated carbocycles. The summed E-state index contributed by atoms with van der Waals surface area (Å²) in [5.41, 5.74) is 0.625. The summed E-state index contributed by atoms with van der Waals surface area (Å²) in [6.07, 6.45) is 2.62. The summed E-state index contributed by atoms with van der Waals surface area (Å²) in [6.45, 7) is -0.131. The molecule has 0 atom stereocenters. The van der Waals surface area contributed by atoms with Crippen LogP contribution in [0.4, 0.5) is 17.2 Å². The molecule has 1 aromatic carbocycles. The molecule has 40 heavy (non-hydrogen) atoms. The number of rotatable bonds is 11. The first-order valence-corrected chi connectivity index (χ1v) is 13.7. The summed E-state index contributed by atoms with van der Waals surface area (Å²) < 4.78 is 35.3. The fraction of sp³-hybridized carbons (Fsp3) is 0.364. The molecule has 2 amide bonds. The van der Waals surface area contributed by atoms with Crippen LogP contribution in [0.3, 0.4) is 0 Å². The second kappa shape index (κ2) is 11.3. The number of ether oxygens (including phenoxy) is 1. The SMILES string of the molecule is [B]C([B])([B])NC(=O)c1nnc(NC(=O)C2CC2)cc1Nc1cccc(-c2noc(CN(C)S(C)(=O)=O)n2)c1OC. The van der Waals surface area contributed by atoms with Gasteiger partial charge in [0.2, 0.25) is 27.6 Å². The number of hydrogen-bond acceptors (Lipinski definition) is 11. The van der Waals surface area contributed by atoms with Crippen LogP contribution in [-0.2, 0) is 21.4 Å². The van der Waals surface area contributed by atoms with E-state index in [0.29, 0.717) is 11.3 Å². The highest BCUT2D eigenvalue weighted by atomic mass is 32.2. The van der Waals surface area contributed by atoms with Crippen LogP contribution in [0.15, 0.2) is 28.8 Å². The zero-order valence-electron chi connectivity index (χ0n) is 21.8. The number of carbonyl (C=O) groups excluding carboxylic acids is 2. The van der Waals surface area contributed by atoms with Crippen molar-refractivity contribution in [2.45, 2.75) is 24.6 Å². The van der Waals surface area contributed by atoms with Gasteiger partial charge in [-0.15, -0.1) is 10.2 Å². The van der Waals surface area contributed by atoms with E-state index in [1.807, 2.05) is 0 Å². The third kappa shape index (κ3) is 7.18. The van der Waals surface area contributed by atoms with Crippen molar-refractivity contribution in [1.29, 1.82) is 0 Å². The number of anilines is 3. The number of nitrogens with zero attached hydrogens (tertiary/aromatic N) is 5. The Labute approximate surface area is 234 Å². The second-order valence-electron chi connectivity index (χ2n) is 9.18. The molecular formula is C22H23B3N8O6S.